The zero-order valence-corrected chi connectivity index (χ0v) is 14.5. The molecule has 1 atom stereocenters. The zero-order valence-electron chi connectivity index (χ0n) is 12.9. The summed E-state index contributed by atoms with van der Waals surface area (Å²) in [5.41, 5.74) is 11.2. The van der Waals surface area contributed by atoms with E-state index < -0.39 is 0 Å². The maximum absolute atomic E-state index is 5.99. The molecule has 1 unspecified atom stereocenters. The van der Waals surface area contributed by atoms with Gasteiger partial charge in [-0.2, -0.15) is 0 Å². The van der Waals surface area contributed by atoms with Crippen LogP contribution in [-0.2, 0) is 13.0 Å². The Labute approximate surface area is 136 Å². The molecule has 0 spiro atoms. The third-order valence-electron chi connectivity index (χ3n) is 3.52. The second-order valence-corrected chi connectivity index (χ2v) is 6.71. The molecule has 0 aliphatic carbocycles. The van der Waals surface area contributed by atoms with Gasteiger partial charge >= 0.3 is 0 Å². The molecule has 0 aliphatic rings. The summed E-state index contributed by atoms with van der Waals surface area (Å²) >= 11 is 3.48. The van der Waals surface area contributed by atoms with Crippen molar-refractivity contribution in [2.24, 2.45) is 5.73 Å². The summed E-state index contributed by atoms with van der Waals surface area (Å²) in [4.78, 5) is 2.29. The largest absolute Gasteiger partial charge is 0.370 e. The summed E-state index contributed by atoms with van der Waals surface area (Å²) in [7, 11) is 2.14. The van der Waals surface area contributed by atoms with Gasteiger partial charge in [-0.25, -0.2) is 0 Å². The van der Waals surface area contributed by atoms with Crippen LogP contribution in [-0.4, -0.2) is 13.1 Å². The van der Waals surface area contributed by atoms with Crippen LogP contribution >= 0.6 is 15.9 Å². The average Bonchev–Trinajstić information content (AvgIpc) is 2.40. The smallest absolute Gasteiger partial charge is 0.0426 e. The van der Waals surface area contributed by atoms with Crippen molar-refractivity contribution in [3.63, 3.8) is 0 Å². The number of anilines is 1. The number of rotatable bonds is 5. The van der Waals surface area contributed by atoms with E-state index in [1.807, 2.05) is 0 Å². The van der Waals surface area contributed by atoms with E-state index in [4.69, 9.17) is 5.73 Å². The Bertz CT molecular complexity index is 591. The van der Waals surface area contributed by atoms with Gasteiger partial charge in [0.1, 0.15) is 0 Å². The van der Waals surface area contributed by atoms with Crippen LogP contribution in [0.1, 0.15) is 23.6 Å². The Hall–Kier alpha value is -1.32. The molecule has 2 aromatic rings. The van der Waals surface area contributed by atoms with Crippen molar-refractivity contribution in [1.29, 1.82) is 0 Å². The van der Waals surface area contributed by atoms with Crippen molar-refractivity contribution in [2.45, 2.75) is 32.9 Å². The van der Waals surface area contributed by atoms with Crippen molar-refractivity contribution in [1.82, 2.24) is 0 Å². The molecule has 2 nitrogen and oxygen atoms in total. The lowest BCUT2D eigenvalue weighted by molar-refractivity contribution is 0.733. The van der Waals surface area contributed by atoms with E-state index in [0.717, 1.165) is 17.4 Å². The lowest BCUT2D eigenvalue weighted by Gasteiger charge is -2.24. The van der Waals surface area contributed by atoms with E-state index >= 15 is 0 Å². The van der Waals surface area contributed by atoms with Gasteiger partial charge < -0.3 is 10.6 Å². The lowest BCUT2D eigenvalue weighted by Crippen LogP contribution is -2.22. The fourth-order valence-corrected chi connectivity index (χ4v) is 2.81. The van der Waals surface area contributed by atoms with Crippen molar-refractivity contribution < 1.29 is 0 Å². The predicted octanol–water partition coefficient (Wildman–Crippen LogP) is 4.28. The van der Waals surface area contributed by atoms with Crippen LogP contribution in [0.4, 0.5) is 5.69 Å². The molecule has 0 fully saturated rings. The predicted molar refractivity (Wildman–Crippen MR) is 94.8 cm³/mol. The molecule has 112 valence electrons. The molecule has 0 amide bonds. The molecule has 0 saturated heterocycles. The zero-order chi connectivity index (χ0) is 15.4. The molecular weight excluding hydrogens is 324 g/mol. The minimum atomic E-state index is 0.173. The third kappa shape index (κ3) is 4.58. The number of nitrogens with zero attached hydrogens (tertiary/aromatic N) is 1. The van der Waals surface area contributed by atoms with Crippen LogP contribution in [0.15, 0.2) is 46.9 Å². The summed E-state index contributed by atoms with van der Waals surface area (Å²) in [5.74, 6) is 0. The van der Waals surface area contributed by atoms with Gasteiger partial charge in [0.05, 0.1) is 0 Å². The third-order valence-corrected chi connectivity index (χ3v) is 4.05. The molecule has 0 heterocycles. The number of hydrogen-bond donors (Lipinski definition) is 1. The summed E-state index contributed by atoms with van der Waals surface area (Å²) in [5, 5.41) is 0. The maximum atomic E-state index is 5.99. The van der Waals surface area contributed by atoms with Gasteiger partial charge in [-0.1, -0.05) is 45.8 Å². The molecule has 2 rings (SSSR count). The summed E-state index contributed by atoms with van der Waals surface area (Å²) in [6.07, 6.45) is 0.904. The van der Waals surface area contributed by atoms with Crippen LogP contribution < -0.4 is 10.6 Å². The molecule has 0 aliphatic heterocycles. The molecule has 0 radical (unpaired) electrons. The van der Waals surface area contributed by atoms with Gasteiger partial charge in [0.25, 0.3) is 0 Å². The van der Waals surface area contributed by atoms with E-state index in [0.29, 0.717) is 0 Å². The summed E-state index contributed by atoms with van der Waals surface area (Å²) in [6.45, 7) is 5.08. The summed E-state index contributed by atoms with van der Waals surface area (Å²) in [6, 6.07) is 15.3. The highest BCUT2D eigenvalue weighted by atomic mass is 79.9. The topological polar surface area (TPSA) is 29.3 Å². The Morgan fingerprint density at radius 1 is 1.14 bits per heavy atom. The fourth-order valence-electron chi connectivity index (χ4n) is 2.55. The molecule has 0 saturated carbocycles. The van der Waals surface area contributed by atoms with Crippen molar-refractivity contribution in [2.75, 3.05) is 11.9 Å². The maximum Gasteiger partial charge on any atom is 0.0426 e. The number of halogens is 1. The first-order valence-corrected chi connectivity index (χ1v) is 8.05. The van der Waals surface area contributed by atoms with E-state index in [1.54, 1.807) is 0 Å². The second-order valence-electron chi connectivity index (χ2n) is 5.80. The molecule has 2 aromatic carbocycles. The van der Waals surface area contributed by atoms with E-state index in [-0.39, 0.29) is 6.04 Å². The van der Waals surface area contributed by atoms with Crippen LogP contribution in [0.3, 0.4) is 0 Å². The van der Waals surface area contributed by atoms with Gasteiger partial charge in [0.2, 0.25) is 0 Å². The van der Waals surface area contributed by atoms with E-state index in [9.17, 15) is 0 Å². The Kier molecular flexibility index (Phi) is 5.43. The highest BCUT2D eigenvalue weighted by molar-refractivity contribution is 9.10. The first-order chi connectivity index (χ1) is 9.95. The molecule has 3 heteroatoms. The van der Waals surface area contributed by atoms with Crippen LogP contribution in [0.5, 0.6) is 0 Å². The molecule has 2 N–H and O–H groups in total. The average molecular weight is 347 g/mol. The normalized spacial score (nSPS) is 12.2. The first kappa shape index (κ1) is 16.1. The highest BCUT2D eigenvalue weighted by Crippen LogP contribution is 2.24. The quantitative estimate of drug-likeness (QED) is 0.875. The highest BCUT2D eigenvalue weighted by Gasteiger charge is 2.10. The number of benzene rings is 2. The van der Waals surface area contributed by atoms with Gasteiger partial charge in [-0.05, 0) is 49.6 Å². The standard InChI is InChI=1S/C18H23BrN2/c1-13-4-9-18(16(10-13)11-14(2)20)21(3)12-15-5-7-17(19)8-6-15/h4-10,14H,11-12,20H2,1-3H3. The van der Waals surface area contributed by atoms with Gasteiger partial charge in [0.15, 0.2) is 0 Å². The second kappa shape index (κ2) is 7.10. The first-order valence-electron chi connectivity index (χ1n) is 7.26. The van der Waals surface area contributed by atoms with E-state index in [2.05, 4.69) is 84.2 Å². The molecule has 21 heavy (non-hydrogen) atoms. The Morgan fingerprint density at radius 2 is 1.81 bits per heavy atom. The Balaban J connectivity index is 2.21. The summed E-state index contributed by atoms with van der Waals surface area (Å²) < 4.78 is 1.11. The van der Waals surface area contributed by atoms with Gasteiger partial charge in [-0.3, -0.25) is 0 Å². The monoisotopic (exact) mass is 346 g/mol. The number of aryl methyl sites for hydroxylation is 1. The van der Waals surface area contributed by atoms with Crippen molar-refractivity contribution >= 4 is 21.6 Å². The lowest BCUT2D eigenvalue weighted by atomic mass is 10.0. The fraction of sp³-hybridized carbons (Fsp3) is 0.333. The minimum absolute atomic E-state index is 0.173. The molecule has 0 bridgehead atoms. The van der Waals surface area contributed by atoms with Gasteiger partial charge in [0, 0.05) is 29.8 Å². The SMILES string of the molecule is Cc1ccc(N(C)Cc2ccc(Br)cc2)c(CC(C)N)c1. The number of hydrogen-bond acceptors (Lipinski definition) is 2. The van der Waals surface area contributed by atoms with Crippen LogP contribution in [0.25, 0.3) is 0 Å². The van der Waals surface area contributed by atoms with E-state index in [1.165, 1.54) is 22.4 Å². The van der Waals surface area contributed by atoms with Crippen molar-refractivity contribution in [3.05, 3.63) is 63.6 Å². The van der Waals surface area contributed by atoms with Gasteiger partial charge in [-0.15, -0.1) is 0 Å². The molecule has 0 aromatic heterocycles. The molecular formula is C18H23BrN2. The number of nitrogens with two attached hydrogens (primary N) is 1. The van der Waals surface area contributed by atoms with Crippen LogP contribution in [0.2, 0.25) is 0 Å². The van der Waals surface area contributed by atoms with Crippen LogP contribution in [0, 0.1) is 6.92 Å². The van der Waals surface area contributed by atoms with Crippen molar-refractivity contribution in [3.8, 4) is 0 Å². The Morgan fingerprint density at radius 3 is 2.43 bits per heavy atom. The minimum Gasteiger partial charge on any atom is -0.370 e.